The van der Waals surface area contributed by atoms with E-state index in [9.17, 15) is 32.3 Å². The number of hydroxylamine groups is 2. The molecule has 1 aromatic rings. The van der Waals surface area contributed by atoms with Gasteiger partial charge in [0.25, 0.3) is 11.8 Å². The highest BCUT2D eigenvalue weighted by Gasteiger charge is 2.43. The number of amides is 3. The molecule has 1 aliphatic heterocycles. The van der Waals surface area contributed by atoms with Crippen LogP contribution in [-0.2, 0) is 14.4 Å². The van der Waals surface area contributed by atoms with Crippen LogP contribution in [0.5, 0.6) is 0 Å². The maximum Gasteiger partial charge on any atom is 0.408 e. The standard InChI is InChI=1S/C17H17F3N2O6/c1-16(2,3)27-15(26)21-11(8-17(18,19)20)14(25)28-22-12(23)9-6-4-5-7-10(9)13(22)24/h4-7,11H,8H2,1-3H3,(H,21,26). The second-order valence-electron chi connectivity index (χ2n) is 6.88. The minimum atomic E-state index is -4.85. The van der Waals surface area contributed by atoms with Gasteiger partial charge in [-0.1, -0.05) is 17.2 Å². The predicted octanol–water partition coefficient (Wildman–Crippen LogP) is 2.59. The Balaban J connectivity index is 2.15. The van der Waals surface area contributed by atoms with E-state index in [0.717, 1.165) is 0 Å². The Kier molecular flexibility index (Phi) is 5.67. The first-order valence-electron chi connectivity index (χ1n) is 8.04. The normalized spacial score (nSPS) is 15.1. The van der Waals surface area contributed by atoms with Crippen LogP contribution in [0.1, 0.15) is 47.9 Å². The average molecular weight is 402 g/mol. The lowest BCUT2D eigenvalue weighted by Gasteiger charge is -2.24. The lowest BCUT2D eigenvalue weighted by Crippen LogP contribution is -2.48. The summed E-state index contributed by atoms with van der Waals surface area (Å²) in [6.45, 7) is 4.42. The van der Waals surface area contributed by atoms with Gasteiger partial charge in [0.15, 0.2) is 0 Å². The van der Waals surface area contributed by atoms with Crippen LogP contribution in [0.25, 0.3) is 0 Å². The zero-order chi connectivity index (χ0) is 21.3. The van der Waals surface area contributed by atoms with Crippen molar-refractivity contribution in [1.29, 1.82) is 0 Å². The zero-order valence-corrected chi connectivity index (χ0v) is 15.1. The van der Waals surface area contributed by atoms with Gasteiger partial charge in [0.2, 0.25) is 0 Å². The predicted molar refractivity (Wildman–Crippen MR) is 86.9 cm³/mol. The maximum atomic E-state index is 12.8. The number of ether oxygens (including phenoxy) is 1. The molecular formula is C17H17F3N2O6. The lowest BCUT2D eigenvalue weighted by molar-refractivity contribution is -0.180. The molecule has 3 amide bonds. The third-order valence-electron chi connectivity index (χ3n) is 3.35. The Morgan fingerprint density at radius 3 is 2.00 bits per heavy atom. The van der Waals surface area contributed by atoms with E-state index in [1.165, 1.54) is 45.0 Å². The van der Waals surface area contributed by atoms with Gasteiger partial charge in [0.1, 0.15) is 11.6 Å². The van der Waals surface area contributed by atoms with Crippen LogP contribution in [-0.4, -0.2) is 46.8 Å². The minimum absolute atomic E-state index is 0.0622. The highest BCUT2D eigenvalue weighted by Crippen LogP contribution is 2.25. The molecule has 0 spiro atoms. The number of benzene rings is 1. The third-order valence-corrected chi connectivity index (χ3v) is 3.35. The van der Waals surface area contributed by atoms with Crippen LogP contribution >= 0.6 is 0 Å². The molecule has 28 heavy (non-hydrogen) atoms. The van der Waals surface area contributed by atoms with Crippen LogP contribution in [0.3, 0.4) is 0 Å². The Morgan fingerprint density at radius 2 is 1.57 bits per heavy atom. The summed E-state index contributed by atoms with van der Waals surface area (Å²) >= 11 is 0. The second-order valence-corrected chi connectivity index (χ2v) is 6.88. The molecule has 1 aromatic carbocycles. The summed E-state index contributed by atoms with van der Waals surface area (Å²) in [4.78, 5) is 52.8. The molecule has 152 valence electrons. The fourth-order valence-corrected chi connectivity index (χ4v) is 2.28. The molecule has 1 atom stereocenters. The summed E-state index contributed by atoms with van der Waals surface area (Å²) in [7, 11) is 0. The number of fused-ring (bicyclic) bond motifs is 1. The van der Waals surface area contributed by atoms with Crippen LogP contribution in [0.15, 0.2) is 24.3 Å². The molecule has 1 N–H and O–H groups in total. The zero-order valence-electron chi connectivity index (χ0n) is 15.1. The molecular weight excluding hydrogens is 385 g/mol. The molecule has 1 aliphatic rings. The van der Waals surface area contributed by atoms with Crippen molar-refractivity contribution in [3.05, 3.63) is 35.4 Å². The minimum Gasteiger partial charge on any atom is -0.444 e. The highest BCUT2D eigenvalue weighted by molar-refractivity contribution is 6.20. The molecule has 0 aromatic heterocycles. The number of hydrogen-bond acceptors (Lipinski definition) is 6. The van der Waals surface area contributed by atoms with Gasteiger partial charge in [-0.25, -0.2) is 9.59 Å². The van der Waals surface area contributed by atoms with Crippen molar-refractivity contribution in [2.75, 3.05) is 0 Å². The SMILES string of the molecule is CC(C)(C)OC(=O)NC(CC(F)(F)F)C(=O)ON1C(=O)c2ccccc2C1=O. The molecule has 0 fully saturated rings. The fraction of sp³-hybridized carbons (Fsp3) is 0.412. The molecule has 11 heteroatoms. The van der Waals surface area contributed by atoms with Crippen molar-refractivity contribution < 1.29 is 41.9 Å². The Bertz CT molecular complexity index is 781. The summed E-state index contributed by atoms with van der Waals surface area (Å²) in [5.74, 6) is -3.65. The van der Waals surface area contributed by atoms with E-state index in [1.807, 2.05) is 0 Å². The van der Waals surface area contributed by atoms with Gasteiger partial charge >= 0.3 is 18.2 Å². The number of hydrogen-bond donors (Lipinski definition) is 1. The first kappa shape index (κ1) is 21.2. The molecule has 1 heterocycles. The lowest BCUT2D eigenvalue weighted by atomic mass is 10.1. The molecule has 0 saturated carbocycles. The molecule has 0 radical (unpaired) electrons. The summed E-state index contributed by atoms with van der Waals surface area (Å²) in [5, 5.41) is 1.81. The number of alkyl halides is 3. The smallest absolute Gasteiger partial charge is 0.408 e. The molecule has 0 aliphatic carbocycles. The van der Waals surface area contributed by atoms with Crippen molar-refractivity contribution in [3.63, 3.8) is 0 Å². The van der Waals surface area contributed by atoms with Crippen LogP contribution in [0.4, 0.5) is 18.0 Å². The number of nitrogens with one attached hydrogen (secondary N) is 1. The summed E-state index contributed by atoms with van der Waals surface area (Å²) < 4.78 is 43.2. The van der Waals surface area contributed by atoms with Gasteiger partial charge in [-0.3, -0.25) is 9.59 Å². The first-order chi connectivity index (χ1) is 12.8. The quantitative estimate of drug-likeness (QED) is 0.777. The van der Waals surface area contributed by atoms with Crippen LogP contribution in [0, 0.1) is 0 Å². The number of halogens is 3. The van der Waals surface area contributed by atoms with Gasteiger partial charge < -0.3 is 14.9 Å². The summed E-state index contributed by atoms with van der Waals surface area (Å²) in [6.07, 6.45) is -7.92. The van der Waals surface area contributed by atoms with E-state index < -0.39 is 48.1 Å². The number of rotatable bonds is 4. The summed E-state index contributed by atoms with van der Waals surface area (Å²) in [6, 6.07) is 3.31. The van der Waals surface area contributed by atoms with Crippen LogP contribution < -0.4 is 5.32 Å². The van der Waals surface area contributed by atoms with E-state index in [0.29, 0.717) is 0 Å². The maximum absolute atomic E-state index is 12.8. The molecule has 1 unspecified atom stereocenters. The Hall–Kier alpha value is -3.11. The monoisotopic (exact) mass is 402 g/mol. The topological polar surface area (TPSA) is 102 Å². The molecule has 0 bridgehead atoms. The van der Waals surface area contributed by atoms with Gasteiger partial charge in [0, 0.05) is 0 Å². The average Bonchev–Trinajstić information content (AvgIpc) is 2.76. The van der Waals surface area contributed by atoms with E-state index in [2.05, 4.69) is 4.84 Å². The Labute approximate surface area is 157 Å². The van der Waals surface area contributed by atoms with Gasteiger partial charge in [-0.15, -0.1) is 0 Å². The Morgan fingerprint density at radius 1 is 1.07 bits per heavy atom. The number of carbonyl (C=O) groups excluding carboxylic acids is 4. The third kappa shape index (κ3) is 5.21. The second kappa shape index (κ2) is 7.49. The first-order valence-corrected chi connectivity index (χ1v) is 8.04. The molecule has 2 rings (SSSR count). The van der Waals surface area contributed by atoms with Gasteiger partial charge in [-0.2, -0.15) is 13.2 Å². The van der Waals surface area contributed by atoms with Gasteiger partial charge in [0.05, 0.1) is 17.5 Å². The van der Waals surface area contributed by atoms with E-state index >= 15 is 0 Å². The largest absolute Gasteiger partial charge is 0.444 e. The fourth-order valence-electron chi connectivity index (χ4n) is 2.28. The van der Waals surface area contributed by atoms with Crippen molar-refractivity contribution in [1.82, 2.24) is 10.4 Å². The number of carbonyl (C=O) groups is 4. The van der Waals surface area contributed by atoms with Crippen molar-refractivity contribution in [2.24, 2.45) is 0 Å². The summed E-state index contributed by atoms with van der Waals surface area (Å²) in [5.41, 5.74) is -1.15. The highest BCUT2D eigenvalue weighted by atomic mass is 19.4. The molecule has 0 saturated heterocycles. The number of alkyl carbamates (subject to hydrolysis) is 1. The number of imide groups is 1. The van der Waals surface area contributed by atoms with E-state index in [-0.39, 0.29) is 16.2 Å². The van der Waals surface area contributed by atoms with E-state index in [1.54, 1.807) is 5.32 Å². The van der Waals surface area contributed by atoms with Crippen molar-refractivity contribution in [3.8, 4) is 0 Å². The van der Waals surface area contributed by atoms with Crippen molar-refractivity contribution >= 4 is 23.9 Å². The number of nitrogens with zero attached hydrogens (tertiary/aromatic N) is 1. The van der Waals surface area contributed by atoms with Crippen LogP contribution in [0.2, 0.25) is 0 Å². The van der Waals surface area contributed by atoms with E-state index in [4.69, 9.17) is 4.74 Å². The van der Waals surface area contributed by atoms with Gasteiger partial charge in [-0.05, 0) is 32.9 Å². The van der Waals surface area contributed by atoms with Crippen molar-refractivity contribution in [2.45, 2.75) is 45.0 Å². The molecule has 8 nitrogen and oxygen atoms in total.